The Morgan fingerprint density at radius 1 is 1.50 bits per heavy atom. The molecule has 0 radical (unpaired) electrons. The number of rotatable bonds is 2. The highest BCUT2D eigenvalue weighted by Gasteiger charge is 1.96. The first-order valence-corrected chi connectivity index (χ1v) is 3.55. The molecular weight excluding hydrogens is 132 g/mol. The van der Waals surface area contributed by atoms with E-state index in [1.54, 1.807) is 0 Å². The van der Waals surface area contributed by atoms with Crippen LogP contribution in [0, 0.1) is 0 Å². The van der Waals surface area contributed by atoms with Gasteiger partial charge < -0.3 is 0 Å². The lowest BCUT2D eigenvalue weighted by molar-refractivity contribution is 0.314. The summed E-state index contributed by atoms with van der Waals surface area (Å²) in [5, 5.41) is 5.82. The van der Waals surface area contributed by atoms with Crippen molar-refractivity contribution >= 4 is 10.1 Å². The lowest BCUT2D eigenvalue weighted by Crippen LogP contribution is -1.95. The molecule has 0 aliphatic rings. The highest BCUT2D eigenvalue weighted by atomic mass is 32.2. The van der Waals surface area contributed by atoms with Gasteiger partial charge in [-0.3, -0.25) is 0 Å². The predicted molar refractivity (Wildman–Crippen MR) is 26.7 cm³/mol. The van der Waals surface area contributed by atoms with Gasteiger partial charge in [-0.1, -0.05) is 0 Å². The smallest absolute Gasteiger partial charge is 0.249 e. The van der Waals surface area contributed by atoms with Gasteiger partial charge in [0, 0.05) is 5.28 Å². The van der Waals surface area contributed by atoms with Gasteiger partial charge in [-0.25, -0.2) is 4.28 Å². The Labute approximate surface area is 47.5 Å². The molecule has 5 nitrogen and oxygen atoms in total. The molecule has 0 aromatic heterocycles. The normalized spacial score (nSPS) is 12.2. The van der Waals surface area contributed by atoms with E-state index < -0.39 is 10.1 Å². The molecule has 0 aromatic rings. The van der Waals surface area contributed by atoms with E-state index in [2.05, 4.69) is 14.7 Å². The monoisotopic (exact) mass is 138 g/mol. The summed E-state index contributed by atoms with van der Waals surface area (Å²) in [6.07, 6.45) is 0.891. The maximum absolute atomic E-state index is 10.0. The topological polar surface area (TPSA) is 68.1 Å². The van der Waals surface area contributed by atoms with E-state index in [-0.39, 0.29) is 0 Å². The first kappa shape index (κ1) is 7.35. The van der Waals surface area contributed by atoms with Crippen molar-refractivity contribution in [3.63, 3.8) is 0 Å². The van der Waals surface area contributed by atoms with Crippen molar-refractivity contribution in [3.8, 4) is 0 Å². The summed E-state index contributed by atoms with van der Waals surface area (Å²) in [6.45, 7) is 0. The maximum atomic E-state index is 10.0. The summed E-state index contributed by atoms with van der Waals surface area (Å²) in [6, 6.07) is 0. The molecule has 0 heterocycles. The molecule has 0 atom stereocenters. The van der Waals surface area contributed by atoms with Gasteiger partial charge in [-0.15, -0.1) is 0 Å². The molecule has 0 fully saturated rings. The van der Waals surface area contributed by atoms with Gasteiger partial charge in [-0.05, 0) is 0 Å². The highest BCUT2D eigenvalue weighted by Crippen LogP contribution is 1.85. The third kappa shape index (κ3) is 5.35. The molecule has 0 saturated carbocycles. The zero-order valence-electron chi connectivity index (χ0n) is 4.53. The fraction of sp³-hybridized carbons (Fsp3) is 1.00. The molecule has 0 saturated heterocycles. The minimum Gasteiger partial charge on any atom is -0.249 e. The summed E-state index contributed by atoms with van der Waals surface area (Å²) in [5.74, 6) is 0. The molecule has 0 bridgehead atoms. The summed E-state index contributed by atoms with van der Waals surface area (Å²) in [7, 11) is -2.14. The second-order valence-electron chi connectivity index (χ2n) is 1.06. The van der Waals surface area contributed by atoms with Gasteiger partial charge >= 0.3 is 10.1 Å². The molecule has 0 aliphatic carbocycles. The van der Waals surface area contributed by atoms with Crippen LogP contribution in [0.5, 0.6) is 0 Å². The van der Waals surface area contributed by atoms with E-state index in [9.17, 15) is 8.42 Å². The van der Waals surface area contributed by atoms with Crippen molar-refractivity contribution in [2.24, 2.45) is 10.4 Å². The van der Waals surface area contributed by atoms with E-state index in [0.717, 1.165) is 6.26 Å². The number of hydrogen-bond acceptors (Lipinski definition) is 5. The predicted octanol–water partition coefficient (Wildman–Crippen LogP) is -0.0404. The zero-order valence-corrected chi connectivity index (χ0v) is 5.34. The van der Waals surface area contributed by atoms with E-state index in [1.165, 1.54) is 7.05 Å². The lowest BCUT2D eigenvalue weighted by atomic mass is 11.6. The van der Waals surface area contributed by atoms with Crippen LogP contribution >= 0.6 is 0 Å². The van der Waals surface area contributed by atoms with Gasteiger partial charge in [0.15, 0.2) is 0 Å². The van der Waals surface area contributed by atoms with Crippen LogP contribution in [-0.2, 0) is 14.4 Å². The molecule has 0 rings (SSSR count). The van der Waals surface area contributed by atoms with Crippen molar-refractivity contribution in [1.29, 1.82) is 0 Å². The Hall–Kier alpha value is -0.650. The van der Waals surface area contributed by atoms with Crippen LogP contribution in [0.15, 0.2) is 10.4 Å². The minimum absolute atomic E-state index is 0.891. The first-order chi connectivity index (χ1) is 3.56. The van der Waals surface area contributed by atoms with Gasteiger partial charge in [0.05, 0.1) is 13.3 Å². The average Bonchev–Trinajstić information content (AvgIpc) is 1.59. The molecule has 0 aromatic carbocycles. The van der Waals surface area contributed by atoms with Gasteiger partial charge in [0.1, 0.15) is 0 Å². The van der Waals surface area contributed by atoms with Gasteiger partial charge in [0.25, 0.3) is 0 Å². The van der Waals surface area contributed by atoms with Crippen LogP contribution in [0.1, 0.15) is 0 Å². The summed E-state index contributed by atoms with van der Waals surface area (Å²) >= 11 is 0. The third-order valence-electron chi connectivity index (χ3n) is 0.250. The maximum Gasteiger partial charge on any atom is 0.327 e. The number of nitrogens with zero attached hydrogens (tertiary/aromatic N) is 2. The Bertz CT molecular complexity index is 170. The van der Waals surface area contributed by atoms with E-state index in [0.29, 0.717) is 0 Å². The molecule has 6 heteroatoms. The van der Waals surface area contributed by atoms with Crippen molar-refractivity contribution in [2.45, 2.75) is 0 Å². The zero-order chi connectivity index (χ0) is 6.62. The Morgan fingerprint density at radius 3 is 2.12 bits per heavy atom. The van der Waals surface area contributed by atoms with Gasteiger partial charge in [0.2, 0.25) is 0 Å². The van der Waals surface area contributed by atoms with Crippen molar-refractivity contribution < 1.29 is 12.7 Å². The number of hydrogen-bond donors (Lipinski definition) is 0. The summed E-state index contributed by atoms with van der Waals surface area (Å²) in [5.41, 5.74) is 0. The first-order valence-electron chi connectivity index (χ1n) is 1.74. The summed E-state index contributed by atoms with van der Waals surface area (Å²) < 4.78 is 23.8. The second kappa shape index (κ2) is 2.61. The molecule has 0 aliphatic heterocycles. The van der Waals surface area contributed by atoms with Crippen molar-refractivity contribution in [3.05, 3.63) is 0 Å². The van der Waals surface area contributed by atoms with Crippen LogP contribution in [0.4, 0.5) is 0 Å². The Balaban J connectivity index is 3.76. The van der Waals surface area contributed by atoms with E-state index >= 15 is 0 Å². The quantitative estimate of drug-likeness (QED) is 0.397. The van der Waals surface area contributed by atoms with Crippen LogP contribution in [0.2, 0.25) is 0 Å². The average molecular weight is 138 g/mol. The van der Waals surface area contributed by atoms with E-state index in [4.69, 9.17) is 0 Å². The van der Waals surface area contributed by atoms with Crippen molar-refractivity contribution in [2.75, 3.05) is 13.3 Å². The molecule has 48 valence electrons. The van der Waals surface area contributed by atoms with E-state index in [1.807, 2.05) is 0 Å². The Kier molecular flexibility index (Phi) is 2.40. The van der Waals surface area contributed by atoms with Gasteiger partial charge in [-0.2, -0.15) is 13.5 Å². The SMILES string of the molecule is CN=NOS(C)(=O)=O. The second-order valence-corrected chi connectivity index (χ2v) is 2.62. The molecule has 8 heavy (non-hydrogen) atoms. The fourth-order valence-corrected chi connectivity index (χ4v) is 0.282. The van der Waals surface area contributed by atoms with Crippen LogP contribution in [0.3, 0.4) is 0 Å². The van der Waals surface area contributed by atoms with Crippen LogP contribution in [-0.4, -0.2) is 21.7 Å². The van der Waals surface area contributed by atoms with Crippen molar-refractivity contribution in [1.82, 2.24) is 0 Å². The van der Waals surface area contributed by atoms with Crippen LogP contribution < -0.4 is 0 Å². The molecule has 0 unspecified atom stereocenters. The lowest BCUT2D eigenvalue weighted by Gasteiger charge is -1.86. The largest absolute Gasteiger partial charge is 0.327 e. The summed E-state index contributed by atoms with van der Waals surface area (Å²) in [4.78, 5) is 0. The Morgan fingerprint density at radius 2 is 2.00 bits per heavy atom. The third-order valence-corrected chi connectivity index (χ3v) is 0.588. The molecule has 0 amide bonds. The highest BCUT2D eigenvalue weighted by molar-refractivity contribution is 7.85. The molecule has 0 spiro atoms. The molecule has 0 N–H and O–H groups in total. The fourth-order valence-electron chi connectivity index (χ4n) is 0.0939. The minimum atomic E-state index is -3.45. The molecular formula is C2H6N2O3S. The standard InChI is InChI=1S/C2H6N2O3S/c1-3-4-7-8(2,5)6/h1-2H3. The van der Waals surface area contributed by atoms with Crippen LogP contribution in [0.25, 0.3) is 0 Å².